The fourth-order valence-corrected chi connectivity index (χ4v) is 3.87. The van der Waals surface area contributed by atoms with Gasteiger partial charge in [0.15, 0.2) is 9.84 Å². The van der Waals surface area contributed by atoms with Gasteiger partial charge in [0, 0.05) is 12.2 Å². The third-order valence-electron chi connectivity index (χ3n) is 2.86. The number of pyridine rings is 1. The highest BCUT2D eigenvalue weighted by Crippen LogP contribution is 2.19. The maximum absolute atomic E-state index is 11.6. The zero-order valence-corrected chi connectivity index (χ0v) is 11.4. The second-order valence-electron chi connectivity index (χ2n) is 4.36. The molecule has 1 unspecified atom stereocenters. The van der Waals surface area contributed by atoms with Crippen molar-refractivity contribution in [2.24, 2.45) is 5.73 Å². The maximum atomic E-state index is 11.6. The van der Waals surface area contributed by atoms with Crippen molar-refractivity contribution in [1.29, 1.82) is 0 Å². The van der Waals surface area contributed by atoms with Crippen LogP contribution in [-0.2, 0) is 9.84 Å². The number of aromatic nitrogens is 1. The number of nitrogens with zero attached hydrogens (tertiary/aromatic N) is 1. The van der Waals surface area contributed by atoms with E-state index < -0.39 is 9.84 Å². The summed E-state index contributed by atoms with van der Waals surface area (Å²) in [6.45, 7) is 0. The summed E-state index contributed by atoms with van der Waals surface area (Å²) in [5, 5.41) is 3.18. The van der Waals surface area contributed by atoms with Gasteiger partial charge in [-0.25, -0.2) is 8.42 Å². The number of rotatable bonds is 3. The van der Waals surface area contributed by atoms with Crippen LogP contribution in [-0.4, -0.2) is 35.9 Å². The normalized spacial score (nSPS) is 22.3. The Bertz CT molecular complexity index is 557. The van der Waals surface area contributed by atoms with E-state index in [1.807, 2.05) is 6.07 Å². The molecule has 1 atom stereocenters. The van der Waals surface area contributed by atoms with Crippen LogP contribution in [0.15, 0.2) is 18.3 Å². The molecule has 0 spiro atoms. The van der Waals surface area contributed by atoms with Crippen molar-refractivity contribution in [3.63, 3.8) is 0 Å². The Balaban J connectivity index is 2.17. The maximum Gasteiger partial charge on any atom is 0.152 e. The van der Waals surface area contributed by atoms with Crippen molar-refractivity contribution >= 4 is 32.7 Å². The number of nitrogens with one attached hydrogen (secondary N) is 1. The molecule has 2 rings (SSSR count). The van der Waals surface area contributed by atoms with Crippen molar-refractivity contribution in [3.8, 4) is 0 Å². The Morgan fingerprint density at radius 1 is 1.56 bits per heavy atom. The van der Waals surface area contributed by atoms with Crippen LogP contribution in [0.2, 0.25) is 0 Å². The van der Waals surface area contributed by atoms with Gasteiger partial charge in [-0.3, -0.25) is 4.98 Å². The van der Waals surface area contributed by atoms with Crippen LogP contribution >= 0.6 is 12.2 Å². The molecule has 5 nitrogen and oxygen atoms in total. The molecular formula is C11H15N3O2S2. The van der Waals surface area contributed by atoms with Gasteiger partial charge in [-0.15, -0.1) is 0 Å². The third kappa shape index (κ3) is 3.17. The Morgan fingerprint density at radius 2 is 2.33 bits per heavy atom. The van der Waals surface area contributed by atoms with Gasteiger partial charge in [-0.2, -0.15) is 0 Å². The van der Waals surface area contributed by atoms with Crippen LogP contribution in [0, 0.1) is 0 Å². The number of hydrogen-bond acceptors (Lipinski definition) is 5. The van der Waals surface area contributed by atoms with Crippen molar-refractivity contribution in [1.82, 2.24) is 4.98 Å². The lowest BCUT2D eigenvalue weighted by molar-refractivity contribution is 0.562. The largest absolute Gasteiger partial charge is 0.388 e. The van der Waals surface area contributed by atoms with E-state index in [-0.39, 0.29) is 22.5 Å². The fourth-order valence-electron chi connectivity index (χ4n) is 2.07. The van der Waals surface area contributed by atoms with Crippen LogP contribution in [0.25, 0.3) is 0 Å². The van der Waals surface area contributed by atoms with Gasteiger partial charge in [-0.1, -0.05) is 12.2 Å². The molecule has 3 N–H and O–H groups in total. The molecule has 98 valence electrons. The minimum Gasteiger partial charge on any atom is -0.388 e. The zero-order valence-electron chi connectivity index (χ0n) is 9.80. The Labute approximate surface area is 112 Å². The van der Waals surface area contributed by atoms with Crippen molar-refractivity contribution < 1.29 is 8.42 Å². The van der Waals surface area contributed by atoms with Gasteiger partial charge >= 0.3 is 0 Å². The summed E-state index contributed by atoms with van der Waals surface area (Å²) in [6.07, 6.45) is 3.12. The third-order valence-corrected chi connectivity index (χ3v) is 4.88. The van der Waals surface area contributed by atoms with E-state index in [2.05, 4.69) is 10.3 Å². The summed E-state index contributed by atoms with van der Waals surface area (Å²) in [6, 6.07) is 3.48. The van der Waals surface area contributed by atoms with Gasteiger partial charge in [-0.05, 0) is 25.0 Å². The molecule has 1 aliphatic rings. The first-order valence-corrected chi connectivity index (χ1v) is 7.93. The minimum atomic E-state index is -2.93. The predicted octanol–water partition coefficient (Wildman–Crippen LogP) is 0.705. The lowest BCUT2D eigenvalue weighted by atomic mass is 10.1. The summed E-state index contributed by atoms with van der Waals surface area (Å²) >= 11 is 4.92. The molecule has 1 saturated heterocycles. The molecule has 0 radical (unpaired) electrons. The van der Waals surface area contributed by atoms with E-state index in [0.29, 0.717) is 17.8 Å². The lowest BCUT2D eigenvalue weighted by Gasteiger charge is -2.24. The van der Waals surface area contributed by atoms with Crippen LogP contribution in [0.3, 0.4) is 0 Å². The van der Waals surface area contributed by atoms with Crippen LogP contribution < -0.4 is 11.1 Å². The first kappa shape index (κ1) is 13.2. The first-order valence-electron chi connectivity index (χ1n) is 5.70. The number of thiocarbonyl (C=S) groups is 1. The highest BCUT2D eigenvalue weighted by Gasteiger charge is 2.25. The van der Waals surface area contributed by atoms with E-state index in [1.54, 1.807) is 12.3 Å². The minimum absolute atomic E-state index is 0.0963. The van der Waals surface area contributed by atoms with Gasteiger partial charge in [0.05, 0.1) is 17.2 Å². The number of hydrogen-bond donors (Lipinski definition) is 2. The Hall–Kier alpha value is -1.21. The van der Waals surface area contributed by atoms with E-state index >= 15 is 0 Å². The average molecular weight is 285 g/mol. The molecule has 7 heteroatoms. The smallest absolute Gasteiger partial charge is 0.152 e. The van der Waals surface area contributed by atoms with Crippen molar-refractivity contribution in [3.05, 3.63) is 24.0 Å². The second-order valence-corrected chi connectivity index (χ2v) is 7.03. The van der Waals surface area contributed by atoms with Crippen LogP contribution in [0.5, 0.6) is 0 Å². The zero-order chi connectivity index (χ0) is 13.2. The molecule has 18 heavy (non-hydrogen) atoms. The molecule has 0 saturated carbocycles. The second kappa shape index (κ2) is 5.19. The number of sulfone groups is 1. The number of nitrogens with two attached hydrogens (primary N) is 1. The Kier molecular flexibility index (Phi) is 3.82. The average Bonchev–Trinajstić information content (AvgIpc) is 2.28. The van der Waals surface area contributed by atoms with Crippen molar-refractivity contribution in [2.45, 2.75) is 18.9 Å². The van der Waals surface area contributed by atoms with Gasteiger partial charge in [0.25, 0.3) is 0 Å². The molecule has 0 bridgehead atoms. The SMILES string of the molecule is NC(=S)c1ncccc1NC1CCCS(=O)(=O)C1. The van der Waals surface area contributed by atoms with Crippen molar-refractivity contribution in [2.75, 3.05) is 16.8 Å². The molecule has 2 heterocycles. The molecule has 1 aromatic rings. The molecular weight excluding hydrogens is 270 g/mol. The lowest BCUT2D eigenvalue weighted by Crippen LogP contribution is -2.35. The van der Waals surface area contributed by atoms with Gasteiger partial charge in [0.1, 0.15) is 10.7 Å². The summed E-state index contributed by atoms with van der Waals surface area (Å²) < 4.78 is 23.1. The molecule has 1 fully saturated rings. The molecule has 1 aliphatic heterocycles. The monoisotopic (exact) mass is 285 g/mol. The topological polar surface area (TPSA) is 85.1 Å². The van der Waals surface area contributed by atoms with E-state index in [4.69, 9.17) is 18.0 Å². The van der Waals surface area contributed by atoms with E-state index in [0.717, 1.165) is 6.42 Å². The molecule has 1 aromatic heterocycles. The number of anilines is 1. The molecule has 0 aliphatic carbocycles. The van der Waals surface area contributed by atoms with E-state index in [9.17, 15) is 8.42 Å². The summed E-state index contributed by atoms with van der Waals surface area (Å²) in [4.78, 5) is 4.31. The van der Waals surface area contributed by atoms with Gasteiger partial charge < -0.3 is 11.1 Å². The fraction of sp³-hybridized carbons (Fsp3) is 0.455. The molecule has 0 aromatic carbocycles. The first-order chi connectivity index (χ1) is 8.48. The standard InChI is InChI=1S/C11H15N3O2S2/c12-11(17)10-9(4-1-5-13-10)14-8-3-2-6-18(15,16)7-8/h1,4-5,8,14H,2-3,6-7H2,(H2,12,17). The van der Waals surface area contributed by atoms with Gasteiger partial charge in [0.2, 0.25) is 0 Å². The van der Waals surface area contributed by atoms with Crippen LogP contribution in [0.1, 0.15) is 18.5 Å². The molecule has 0 amide bonds. The Morgan fingerprint density at radius 3 is 3.00 bits per heavy atom. The predicted molar refractivity (Wildman–Crippen MR) is 75.4 cm³/mol. The summed E-state index contributed by atoms with van der Waals surface area (Å²) in [7, 11) is -2.93. The quantitative estimate of drug-likeness (QED) is 0.795. The van der Waals surface area contributed by atoms with E-state index in [1.165, 1.54) is 0 Å². The highest BCUT2D eigenvalue weighted by atomic mass is 32.2. The summed E-state index contributed by atoms with van der Waals surface area (Å²) in [5.41, 5.74) is 6.79. The van der Waals surface area contributed by atoms with Crippen LogP contribution in [0.4, 0.5) is 5.69 Å². The highest BCUT2D eigenvalue weighted by molar-refractivity contribution is 7.91. The summed E-state index contributed by atoms with van der Waals surface area (Å²) in [5.74, 6) is 0.430.